The van der Waals surface area contributed by atoms with Crippen molar-refractivity contribution in [3.8, 4) is 0 Å². The second-order valence-corrected chi connectivity index (χ2v) is 28.1. The summed E-state index contributed by atoms with van der Waals surface area (Å²) in [5, 5.41) is 13.9. The molecular formula is C72H145N2O6P. The van der Waals surface area contributed by atoms with Crippen LogP contribution in [0.1, 0.15) is 393 Å². The first-order valence-corrected chi connectivity index (χ1v) is 38.0. The summed E-state index contributed by atoms with van der Waals surface area (Å²) in [6.45, 7) is 4.72. The van der Waals surface area contributed by atoms with Gasteiger partial charge in [0.1, 0.15) is 13.2 Å². The molecule has 8 nitrogen and oxygen atoms in total. The van der Waals surface area contributed by atoms with Crippen LogP contribution in [0.3, 0.4) is 0 Å². The number of hydrogen-bond acceptors (Lipinski definition) is 6. The van der Waals surface area contributed by atoms with E-state index in [4.69, 9.17) is 9.05 Å². The second-order valence-electron chi connectivity index (χ2n) is 26.7. The van der Waals surface area contributed by atoms with Gasteiger partial charge in [0.05, 0.1) is 39.9 Å². The zero-order chi connectivity index (χ0) is 59.1. The van der Waals surface area contributed by atoms with Crippen molar-refractivity contribution >= 4 is 13.7 Å². The maximum atomic E-state index is 13.0. The Morgan fingerprint density at radius 1 is 0.420 bits per heavy atom. The van der Waals surface area contributed by atoms with Crippen LogP contribution in [0.2, 0.25) is 0 Å². The Morgan fingerprint density at radius 3 is 0.926 bits per heavy atom. The molecule has 0 rings (SSSR count). The lowest BCUT2D eigenvalue weighted by Gasteiger charge is -2.29. The largest absolute Gasteiger partial charge is 0.756 e. The van der Waals surface area contributed by atoms with Gasteiger partial charge in [-0.3, -0.25) is 9.36 Å². The Kier molecular flexibility index (Phi) is 63.1. The number of aliphatic hydroxyl groups is 1. The van der Waals surface area contributed by atoms with Crippen molar-refractivity contribution in [2.45, 2.75) is 405 Å². The van der Waals surface area contributed by atoms with Gasteiger partial charge in [-0.2, -0.15) is 0 Å². The number of nitrogens with zero attached hydrogens (tertiary/aromatic N) is 1. The number of phosphoric ester groups is 1. The minimum Gasteiger partial charge on any atom is -0.756 e. The molecule has 0 heterocycles. The van der Waals surface area contributed by atoms with Crippen molar-refractivity contribution in [2.24, 2.45) is 0 Å². The molecule has 1 amide bonds. The monoisotopic (exact) mass is 1170 g/mol. The third-order valence-corrected chi connectivity index (χ3v) is 18.2. The fraction of sp³-hybridized carbons (Fsp3) is 0.958. The van der Waals surface area contributed by atoms with Crippen LogP contribution in [0, 0.1) is 0 Å². The van der Waals surface area contributed by atoms with E-state index in [1.807, 2.05) is 27.2 Å². The molecule has 0 spiro atoms. The zero-order valence-electron chi connectivity index (χ0n) is 55.5. The van der Waals surface area contributed by atoms with Gasteiger partial charge in [0.25, 0.3) is 7.82 Å². The van der Waals surface area contributed by atoms with E-state index in [9.17, 15) is 19.4 Å². The van der Waals surface area contributed by atoms with Crippen LogP contribution in [0.25, 0.3) is 0 Å². The van der Waals surface area contributed by atoms with Gasteiger partial charge in [-0.25, -0.2) is 0 Å². The van der Waals surface area contributed by atoms with Crippen LogP contribution in [-0.2, 0) is 18.4 Å². The number of aliphatic hydroxyl groups excluding tert-OH is 1. The molecule has 81 heavy (non-hydrogen) atoms. The number of allylic oxidation sites excluding steroid dienone is 1. The number of unbranched alkanes of at least 4 members (excludes halogenated alkanes) is 56. The van der Waals surface area contributed by atoms with Crippen LogP contribution in [-0.4, -0.2) is 68.5 Å². The van der Waals surface area contributed by atoms with Crippen LogP contribution in [0.5, 0.6) is 0 Å². The normalized spacial score (nSPS) is 13.6. The predicted octanol–water partition coefficient (Wildman–Crippen LogP) is 22.7. The number of carbonyl (C=O) groups excluding carboxylic acids is 1. The first-order valence-electron chi connectivity index (χ1n) is 36.6. The lowest BCUT2D eigenvalue weighted by Crippen LogP contribution is -2.45. The SMILES string of the molecule is CCCCCCCCCCCCCCCCCC/C=C/C(O)C(COP(=O)([O-])OCC[N+](C)(C)C)NC(=O)CCCCCCCCCCCCCCCCCCCCCCCCCCCCCCCCCCCCCCCCCCC. The molecule has 0 saturated carbocycles. The van der Waals surface area contributed by atoms with Crippen molar-refractivity contribution in [3.05, 3.63) is 12.2 Å². The third-order valence-electron chi connectivity index (χ3n) is 17.2. The molecule has 2 N–H and O–H groups in total. The molecule has 0 aromatic carbocycles. The average Bonchev–Trinajstić information content (AvgIpc) is 3.43. The minimum absolute atomic E-state index is 0.00285. The highest BCUT2D eigenvalue weighted by Crippen LogP contribution is 2.38. The number of rotatable bonds is 69. The van der Waals surface area contributed by atoms with Gasteiger partial charge in [0, 0.05) is 6.42 Å². The number of phosphoric acid groups is 1. The molecular weight excluding hydrogens is 1020 g/mol. The molecule has 0 bridgehead atoms. The lowest BCUT2D eigenvalue weighted by molar-refractivity contribution is -0.870. The van der Waals surface area contributed by atoms with Gasteiger partial charge < -0.3 is 28.8 Å². The summed E-state index contributed by atoms with van der Waals surface area (Å²) in [7, 11) is 1.28. The Labute approximate surface area is 507 Å². The van der Waals surface area contributed by atoms with Gasteiger partial charge in [-0.1, -0.05) is 379 Å². The number of quaternary nitrogens is 1. The molecule has 484 valence electrons. The Bertz CT molecular complexity index is 1320. The molecule has 0 aromatic heterocycles. The first kappa shape index (κ1) is 80.2. The summed E-state index contributed by atoms with van der Waals surface area (Å²) in [4.78, 5) is 25.6. The summed E-state index contributed by atoms with van der Waals surface area (Å²) in [5.41, 5.74) is 0. The molecule has 0 aliphatic rings. The van der Waals surface area contributed by atoms with Gasteiger partial charge >= 0.3 is 0 Å². The molecule has 0 fully saturated rings. The van der Waals surface area contributed by atoms with Crippen LogP contribution < -0.4 is 10.2 Å². The zero-order valence-corrected chi connectivity index (χ0v) is 56.4. The van der Waals surface area contributed by atoms with Gasteiger partial charge in [0.15, 0.2) is 0 Å². The summed E-state index contributed by atoms with van der Waals surface area (Å²) in [6.07, 6.45) is 82.2. The number of amides is 1. The Morgan fingerprint density at radius 2 is 0.667 bits per heavy atom. The van der Waals surface area contributed by atoms with Crippen LogP contribution >= 0.6 is 7.82 Å². The average molecular weight is 1170 g/mol. The minimum atomic E-state index is -4.60. The van der Waals surface area contributed by atoms with E-state index < -0.39 is 20.0 Å². The fourth-order valence-corrected chi connectivity index (χ4v) is 12.3. The van der Waals surface area contributed by atoms with Gasteiger partial charge in [-0.15, -0.1) is 0 Å². The fourth-order valence-electron chi connectivity index (χ4n) is 11.6. The van der Waals surface area contributed by atoms with Crippen LogP contribution in [0.15, 0.2) is 12.2 Å². The number of carbonyl (C=O) groups is 1. The van der Waals surface area contributed by atoms with Crippen LogP contribution in [0.4, 0.5) is 0 Å². The summed E-state index contributed by atoms with van der Waals surface area (Å²) < 4.78 is 23.4. The van der Waals surface area contributed by atoms with E-state index in [2.05, 4.69) is 19.2 Å². The lowest BCUT2D eigenvalue weighted by atomic mass is 10.0. The molecule has 0 saturated heterocycles. The highest BCUT2D eigenvalue weighted by molar-refractivity contribution is 7.45. The van der Waals surface area contributed by atoms with E-state index >= 15 is 0 Å². The smallest absolute Gasteiger partial charge is 0.268 e. The highest BCUT2D eigenvalue weighted by Gasteiger charge is 2.23. The van der Waals surface area contributed by atoms with E-state index in [0.717, 1.165) is 38.5 Å². The maximum absolute atomic E-state index is 13.0. The molecule has 0 aliphatic heterocycles. The summed E-state index contributed by atoms with van der Waals surface area (Å²) >= 11 is 0. The maximum Gasteiger partial charge on any atom is 0.268 e. The van der Waals surface area contributed by atoms with Gasteiger partial charge in [0.2, 0.25) is 5.91 Å². The number of nitrogens with one attached hydrogen (secondary N) is 1. The standard InChI is InChI=1S/C72H145N2O6P/c1-6-8-10-12-14-16-18-20-22-24-26-27-28-29-30-31-32-33-34-35-36-37-38-39-40-41-42-43-44-45-46-47-48-50-52-54-56-58-60-62-64-66-72(76)73-70(69-80-81(77,78)79-68-67-74(3,4)5)71(75)65-63-61-59-57-55-53-51-49-25-23-21-19-17-15-13-11-9-7-2/h63,65,70-71,75H,6-62,64,66-69H2,1-5H3,(H-,73,76,77,78)/b65-63+. The van der Waals surface area contributed by atoms with Crippen molar-refractivity contribution in [1.29, 1.82) is 0 Å². The molecule has 0 aromatic rings. The van der Waals surface area contributed by atoms with Crippen molar-refractivity contribution in [1.82, 2.24) is 5.32 Å². The Balaban J connectivity index is 3.84. The number of likely N-dealkylation sites (N-methyl/N-ethyl adjacent to an activating group) is 1. The van der Waals surface area contributed by atoms with E-state index in [1.54, 1.807) is 6.08 Å². The second kappa shape index (κ2) is 63.7. The molecule has 9 heteroatoms. The van der Waals surface area contributed by atoms with E-state index in [0.29, 0.717) is 17.4 Å². The Hall–Kier alpha value is -0.760. The molecule has 3 unspecified atom stereocenters. The van der Waals surface area contributed by atoms with Crippen molar-refractivity contribution in [3.63, 3.8) is 0 Å². The molecule has 0 radical (unpaired) electrons. The summed E-state index contributed by atoms with van der Waals surface area (Å²) in [5.74, 6) is -0.188. The quantitative estimate of drug-likeness (QED) is 0.0272. The van der Waals surface area contributed by atoms with Crippen molar-refractivity contribution < 1.29 is 32.9 Å². The van der Waals surface area contributed by atoms with Gasteiger partial charge in [-0.05, 0) is 19.3 Å². The summed E-state index contributed by atoms with van der Waals surface area (Å²) in [6, 6.07) is -0.883. The molecule has 0 aliphatic carbocycles. The van der Waals surface area contributed by atoms with E-state index in [-0.39, 0.29) is 19.1 Å². The number of hydrogen-bond donors (Lipinski definition) is 2. The van der Waals surface area contributed by atoms with Crippen molar-refractivity contribution in [2.75, 3.05) is 40.9 Å². The first-order chi connectivity index (χ1) is 39.5. The predicted molar refractivity (Wildman–Crippen MR) is 353 cm³/mol. The highest BCUT2D eigenvalue weighted by atomic mass is 31.2. The third kappa shape index (κ3) is 66.6. The topological polar surface area (TPSA) is 108 Å². The van der Waals surface area contributed by atoms with E-state index in [1.165, 1.54) is 334 Å². The molecule has 3 atom stereocenters.